The first kappa shape index (κ1) is 26.8. The van der Waals surface area contributed by atoms with Gasteiger partial charge < -0.3 is 19.8 Å². The van der Waals surface area contributed by atoms with Crippen LogP contribution in [0.2, 0.25) is 0 Å². The van der Waals surface area contributed by atoms with Gasteiger partial charge in [0.25, 0.3) is 0 Å². The summed E-state index contributed by atoms with van der Waals surface area (Å²) in [5.41, 5.74) is 7.31. The van der Waals surface area contributed by atoms with Crippen molar-refractivity contribution in [3.63, 3.8) is 0 Å². The van der Waals surface area contributed by atoms with E-state index in [1.54, 1.807) is 42.9 Å². The highest BCUT2D eigenvalue weighted by molar-refractivity contribution is 7.22. The zero-order valence-electron chi connectivity index (χ0n) is 22.0. The minimum Gasteiger partial charge on any atom is -0.495 e. The Bertz CT molecular complexity index is 1710. The Morgan fingerprint density at radius 2 is 1.88 bits per heavy atom. The van der Waals surface area contributed by atoms with E-state index >= 15 is 4.39 Å². The number of pyridine rings is 1. The molecule has 2 amide bonds. The molecule has 3 aromatic heterocycles. The van der Waals surface area contributed by atoms with Crippen LogP contribution in [0.3, 0.4) is 0 Å². The molecule has 0 bridgehead atoms. The number of primary amides is 1. The van der Waals surface area contributed by atoms with Crippen molar-refractivity contribution in [2.24, 2.45) is 5.73 Å². The van der Waals surface area contributed by atoms with Crippen LogP contribution in [0.5, 0.6) is 17.2 Å². The van der Waals surface area contributed by atoms with Gasteiger partial charge in [-0.05, 0) is 44.2 Å². The Morgan fingerprint density at radius 1 is 1.07 bits per heavy atom. The number of benzene rings is 2. The molecule has 3 heterocycles. The standard InChI is InChI=1S/C29H26FN5O4S/c1-17(2)34-15-21(33-16-34)26-13-20-29(40-26)25(10-11-32-20)39-23-9-8-18(12-19(23)30)35(28(37)14-27(31)36)22-6-4-5-7-24(22)38-3/h4-13,15-17H,14H2,1-3H3,(H2,31,36). The average molecular weight is 560 g/mol. The van der Waals surface area contributed by atoms with E-state index in [9.17, 15) is 9.59 Å². The van der Waals surface area contributed by atoms with Gasteiger partial charge in [0.2, 0.25) is 11.8 Å². The summed E-state index contributed by atoms with van der Waals surface area (Å²) in [7, 11) is 1.45. The number of carbonyl (C=O) groups is 2. The smallest absolute Gasteiger partial charge is 0.241 e. The van der Waals surface area contributed by atoms with Gasteiger partial charge in [-0.1, -0.05) is 12.1 Å². The maximum Gasteiger partial charge on any atom is 0.241 e. The predicted molar refractivity (Wildman–Crippen MR) is 152 cm³/mol. The van der Waals surface area contributed by atoms with Crippen LogP contribution < -0.4 is 20.1 Å². The quantitative estimate of drug-likeness (QED) is 0.215. The number of thiophene rings is 1. The van der Waals surface area contributed by atoms with Gasteiger partial charge >= 0.3 is 0 Å². The average Bonchev–Trinajstić information content (AvgIpc) is 3.58. The lowest BCUT2D eigenvalue weighted by Gasteiger charge is -2.24. The molecule has 40 heavy (non-hydrogen) atoms. The van der Waals surface area contributed by atoms with E-state index < -0.39 is 24.1 Å². The van der Waals surface area contributed by atoms with E-state index in [0.717, 1.165) is 21.3 Å². The van der Waals surface area contributed by atoms with E-state index in [0.29, 0.717) is 22.7 Å². The van der Waals surface area contributed by atoms with Gasteiger partial charge in [0.05, 0.1) is 45.6 Å². The Kier molecular flexibility index (Phi) is 7.47. The third-order valence-corrected chi connectivity index (χ3v) is 7.28. The van der Waals surface area contributed by atoms with E-state index in [4.69, 9.17) is 15.2 Å². The Labute approximate surface area is 233 Å². The molecule has 11 heteroatoms. The molecule has 0 spiro atoms. The molecule has 0 saturated carbocycles. The summed E-state index contributed by atoms with van der Waals surface area (Å²) in [5, 5.41) is 0. The molecule has 0 fully saturated rings. The third kappa shape index (κ3) is 5.36. The summed E-state index contributed by atoms with van der Waals surface area (Å²) >= 11 is 1.45. The first-order chi connectivity index (χ1) is 19.2. The lowest BCUT2D eigenvalue weighted by molar-refractivity contribution is -0.125. The number of nitrogens with zero attached hydrogens (tertiary/aromatic N) is 4. The van der Waals surface area contributed by atoms with Crippen LogP contribution in [0.25, 0.3) is 20.8 Å². The fourth-order valence-electron chi connectivity index (χ4n) is 4.16. The minimum absolute atomic E-state index is 0.0439. The summed E-state index contributed by atoms with van der Waals surface area (Å²) in [6.45, 7) is 4.15. The number of aromatic nitrogens is 3. The number of hydrogen-bond donors (Lipinski definition) is 1. The number of halogens is 1. The number of hydrogen-bond acceptors (Lipinski definition) is 7. The van der Waals surface area contributed by atoms with Crippen molar-refractivity contribution in [1.82, 2.24) is 14.5 Å². The number of anilines is 2. The van der Waals surface area contributed by atoms with E-state index in [1.807, 2.05) is 16.8 Å². The number of nitrogens with two attached hydrogens (primary N) is 1. The minimum atomic E-state index is -0.807. The van der Waals surface area contributed by atoms with Crippen LogP contribution in [0, 0.1) is 5.82 Å². The lowest BCUT2D eigenvalue weighted by Crippen LogP contribution is -2.30. The van der Waals surface area contributed by atoms with Gasteiger partial charge in [-0.3, -0.25) is 19.5 Å². The molecule has 0 atom stereocenters. The number of fused-ring (bicyclic) bond motifs is 1. The van der Waals surface area contributed by atoms with E-state index in [2.05, 4.69) is 23.8 Å². The van der Waals surface area contributed by atoms with Crippen molar-refractivity contribution >= 4 is 44.7 Å². The topological polar surface area (TPSA) is 113 Å². The molecule has 0 radical (unpaired) electrons. The molecule has 0 aliphatic heterocycles. The number of rotatable bonds is 9. The summed E-state index contributed by atoms with van der Waals surface area (Å²) in [6, 6.07) is 14.7. The molecule has 204 valence electrons. The number of para-hydroxylation sites is 2. The molecule has 0 unspecified atom stereocenters. The molecular weight excluding hydrogens is 533 g/mol. The summed E-state index contributed by atoms with van der Waals surface area (Å²) in [6.07, 6.45) is 4.79. The molecule has 5 rings (SSSR count). The molecular formula is C29H26FN5O4S. The molecule has 9 nitrogen and oxygen atoms in total. The van der Waals surface area contributed by atoms with Gasteiger partial charge in [0.1, 0.15) is 17.9 Å². The zero-order chi connectivity index (χ0) is 28.4. The number of imidazole rings is 1. The van der Waals surface area contributed by atoms with Gasteiger partial charge in [-0.2, -0.15) is 0 Å². The molecule has 2 aromatic carbocycles. The summed E-state index contributed by atoms with van der Waals surface area (Å²) < 4.78 is 29.6. The van der Waals surface area contributed by atoms with Gasteiger partial charge in [-0.15, -0.1) is 11.3 Å². The molecule has 0 saturated heterocycles. The molecule has 0 aliphatic carbocycles. The number of carbonyl (C=O) groups excluding carboxylic acids is 2. The number of ether oxygens (including phenoxy) is 2. The fourth-order valence-corrected chi connectivity index (χ4v) is 5.18. The van der Waals surface area contributed by atoms with Crippen LogP contribution in [0.1, 0.15) is 26.3 Å². The largest absolute Gasteiger partial charge is 0.495 e. The predicted octanol–water partition coefficient (Wildman–Crippen LogP) is 6.22. The maximum absolute atomic E-state index is 15.5. The zero-order valence-corrected chi connectivity index (χ0v) is 22.8. The van der Waals surface area contributed by atoms with Crippen molar-refractivity contribution in [2.45, 2.75) is 26.3 Å². The van der Waals surface area contributed by atoms with E-state index in [1.165, 1.54) is 35.5 Å². The fraction of sp³-hybridized carbons (Fsp3) is 0.172. The highest BCUT2D eigenvalue weighted by Gasteiger charge is 2.24. The van der Waals surface area contributed by atoms with Crippen LogP contribution in [-0.4, -0.2) is 33.5 Å². The van der Waals surface area contributed by atoms with Crippen molar-refractivity contribution in [3.05, 3.63) is 79.1 Å². The lowest BCUT2D eigenvalue weighted by atomic mass is 10.2. The highest BCUT2D eigenvalue weighted by Crippen LogP contribution is 2.41. The monoisotopic (exact) mass is 559 g/mol. The summed E-state index contributed by atoms with van der Waals surface area (Å²) in [5.74, 6) is -1.39. The Balaban J connectivity index is 1.48. The number of amides is 2. The van der Waals surface area contributed by atoms with Crippen LogP contribution >= 0.6 is 11.3 Å². The Hall–Kier alpha value is -4.77. The van der Waals surface area contributed by atoms with E-state index in [-0.39, 0.29) is 17.5 Å². The second-order valence-electron chi connectivity index (χ2n) is 9.19. The SMILES string of the molecule is COc1ccccc1N(C(=O)CC(N)=O)c1ccc(Oc2ccnc3cc(-c4cn(C(C)C)cn4)sc23)c(F)c1. The molecule has 5 aromatic rings. The Morgan fingerprint density at radius 3 is 2.58 bits per heavy atom. The normalized spacial score (nSPS) is 11.1. The van der Waals surface area contributed by atoms with Gasteiger partial charge in [0, 0.05) is 30.6 Å². The highest BCUT2D eigenvalue weighted by atomic mass is 32.1. The van der Waals surface area contributed by atoms with Crippen LogP contribution in [-0.2, 0) is 9.59 Å². The first-order valence-electron chi connectivity index (χ1n) is 12.4. The van der Waals surface area contributed by atoms with Crippen LogP contribution in [0.4, 0.5) is 15.8 Å². The van der Waals surface area contributed by atoms with Crippen molar-refractivity contribution < 1.29 is 23.5 Å². The van der Waals surface area contributed by atoms with Crippen molar-refractivity contribution in [3.8, 4) is 27.8 Å². The number of methoxy groups -OCH3 is 1. The second kappa shape index (κ2) is 11.1. The maximum atomic E-state index is 15.5. The van der Waals surface area contributed by atoms with Crippen molar-refractivity contribution in [1.29, 1.82) is 0 Å². The third-order valence-electron chi connectivity index (χ3n) is 6.12. The molecule has 0 aliphatic rings. The second-order valence-corrected chi connectivity index (χ2v) is 10.2. The van der Waals surface area contributed by atoms with Gasteiger partial charge in [0.15, 0.2) is 11.6 Å². The van der Waals surface area contributed by atoms with Gasteiger partial charge in [-0.25, -0.2) is 9.37 Å². The summed E-state index contributed by atoms with van der Waals surface area (Å²) in [4.78, 5) is 35.6. The molecule has 2 N–H and O–H groups in total. The first-order valence-corrected chi connectivity index (χ1v) is 13.2. The van der Waals surface area contributed by atoms with Crippen LogP contribution in [0.15, 0.2) is 73.3 Å². The van der Waals surface area contributed by atoms with Crippen molar-refractivity contribution in [2.75, 3.05) is 12.0 Å².